The van der Waals surface area contributed by atoms with E-state index >= 15 is 0 Å². The fourth-order valence-corrected chi connectivity index (χ4v) is 4.70. The van der Waals surface area contributed by atoms with Crippen LogP contribution in [0.3, 0.4) is 0 Å². The highest BCUT2D eigenvalue weighted by Crippen LogP contribution is 2.18. The number of carbonyl (C=O) groups excluding carboxylic acids is 1. The fraction of sp³-hybridized carbons (Fsp3) is 0.458. The molecule has 1 atom stereocenters. The van der Waals surface area contributed by atoms with Crippen LogP contribution in [0.4, 0.5) is 0 Å². The van der Waals surface area contributed by atoms with Gasteiger partial charge in [0.1, 0.15) is 38.5 Å². The van der Waals surface area contributed by atoms with Crippen LogP contribution < -0.4 is 14.5 Å². The topological polar surface area (TPSA) is 38.4 Å². The van der Waals surface area contributed by atoms with Crippen LogP contribution in [0.2, 0.25) is 0 Å². The molecule has 0 saturated carbocycles. The quantitative estimate of drug-likeness (QED) is 0.745. The highest BCUT2D eigenvalue weighted by Gasteiger charge is 2.34. The van der Waals surface area contributed by atoms with E-state index in [9.17, 15) is 4.79 Å². The van der Waals surface area contributed by atoms with Crippen LogP contribution in [0.5, 0.6) is 5.75 Å². The number of benzene rings is 2. The molecule has 29 heavy (non-hydrogen) atoms. The van der Waals surface area contributed by atoms with E-state index in [-0.39, 0.29) is 6.04 Å². The van der Waals surface area contributed by atoms with Gasteiger partial charge in [-0.3, -0.25) is 4.79 Å². The number of rotatable bonds is 5. The summed E-state index contributed by atoms with van der Waals surface area (Å²) in [4.78, 5) is 18.2. The van der Waals surface area contributed by atoms with Gasteiger partial charge in [0.2, 0.25) is 0 Å². The molecule has 1 amide bonds. The lowest BCUT2D eigenvalue weighted by Crippen LogP contribution is -3.29. The Kier molecular flexibility index (Phi) is 6.16. The predicted molar refractivity (Wildman–Crippen MR) is 113 cm³/mol. The minimum absolute atomic E-state index is 0.0443. The van der Waals surface area contributed by atoms with Gasteiger partial charge in [-0.25, -0.2) is 0 Å². The van der Waals surface area contributed by atoms with Gasteiger partial charge < -0.3 is 19.4 Å². The van der Waals surface area contributed by atoms with Crippen molar-refractivity contribution >= 4 is 5.91 Å². The Labute approximate surface area is 173 Å². The van der Waals surface area contributed by atoms with Gasteiger partial charge in [0.25, 0.3) is 5.91 Å². The van der Waals surface area contributed by atoms with Crippen LogP contribution in [0, 0.1) is 0 Å². The van der Waals surface area contributed by atoms with E-state index < -0.39 is 0 Å². The number of hydrogen-bond donors (Lipinski definition) is 2. The maximum atomic E-state index is 13.1. The zero-order chi connectivity index (χ0) is 20.2. The Morgan fingerprint density at radius 1 is 1.03 bits per heavy atom. The van der Waals surface area contributed by atoms with E-state index in [2.05, 4.69) is 48.2 Å². The molecule has 2 N–H and O–H groups in total. The summed E-state index contributed by atoms with van der Waals surface area (Å²) < 4.78 is 5.25. The van der Waals surface area contributed by atoms with Gasteiger partial charge in [-0.2, -0.15) is 0 Å². The molecule has 2 aliphatic rings. The van der Waals surface area contributed by atoms with Crippen LogP contribution in [-0.4, -0.2) is 56.7 Å². The Balaban J connectivity index is 1.28. The summed E-state index contributed by atoms with van der Waals surface area (Å²) in [6, 6.07) is 17.0. The molecular formula is C24H33N3O2+2. The van der Waals surface area contributed by atoms with Gasteiger partial charge in [-0.15, -0.1) is 0 Å². The van der Waals surface area contributed by atoms with Gasteiger partial charge in [0.05, 0.1) is 7.11 Å². The Bertz CT molecular complexity index is 828. The molecule has 5 nitrogen and oxygen atoms in total. The Morgan fingerprint density at radius 2 is 1.72 bits per heavy atom. The number of methoxy groups -OCH3 is 1. The standard InChI is InChI=1S/C24H31N3O2/c1-19(24(28)27-12-11-21-5-3-4-6-22(21)18-27)26-15-13-25(14-16-26)17-20-7-9-23(29-2)10-8-20/h3-10,19H,11-18H2,1-2H3/p+2/t19-/m1/s1. The molecule has 2 heterocycles. The summed E-state index contributed by atoms with van der Waals surface area (Å²) in [6.07, 6.45) is 0.976. The smallest absolute Gasteiger partial charge is 0.280 e. The van der Waals surface area contributed by atoms with Crippen LogP contribution in [0.15, 0.2) is 48.5 Å². The van der Waals surface area contributed by atoms with Crippen LogP contribution >= 0.6 is 0 Å². The molecule has 0 unspecified atom stereocenters. The Hall–Kier alpha value is -2.37. The first-order valence-corrected chi connectivity index (χ1v) is 10.8. The van der Waals surface area contributed by atoms with Crippen LogP contribution in [0.25, 0.3) is 0 Å². The molecule has 0 bridgehead atoms. The molecular weight excluding hydrogens is 362 g/mol. The zero-order valence-electron chi connectivity index (χ0n) is 17.6. The average Bonchev–Trinajstić information content (AvgIpc) is 2.79. The van der Waals surface area contributed by atoms with E-state index in [1.165, 1.54) is 21.6 Å². The third-order valence-corrected chi connectivity index (χ3v) is 6.64. The molecule has 0 aliphatic carbocycles. The van der Waals surface area contributed by atoms with E-state index in [1.807, 2.05) is 12.1 Å². The number of carbonyl (C=O) groups is 1. The summed E-state index contributed by atoms with van der Waals surface area (Å²) in [5.74, 6) is 1.22. The van der Waals surface area contributed by atoms with E-state index in [0.717, 1.165) is 58.0 Å². The number of nitrogens with zero attached hydrogens (tertiary/aromatic N) is 1. The second kappa shape index (κ2) is 8.97. The lowest BCUT2D eigenvalue weighted by molar-refractivity contribution is -1.02. The monoisotopic (exact) mass is 395 g/mol. The summed E-state index contributed by atoms with van der Waals surface area (Å²) in [5.41, 5.74) is 4.05. The zero-order valence-corrected chi connectivity index (χ0v) is 17.6. The minimum atomic E-state index is 0.0443. The summed E-state index contributed by atoms with van der Waals surface area (Å²) in [6.45, 7) is 9.12. The highest BCUT2D eigenvalue weighted by atomic mass is 16.5. The molecule has 0 aromatic heterocycles. The molecule has 154 valence electrons. The Morgan fingerprint density at radius 3 is 2.41 bits per heavy atom. The minimum Gasteiger partial charge on any atom is -0.497 e. The van der Waals surface area contributed by atoms with Crippen molar-refractivity contribution in [2.24, 2.45) is 0 Å². The van der Waals surface area contributed by atoms with Crippen molar-refractivity contribution in [2.75, 3.05) is 39.8 Å². The van der Waals surface area contributed by atoms with Crippen LogP contribution in [-0.2, 0) is 24.3 Å². The number of amides is 1. The van der Waals surface area contributed by atoms with Crippen molar-refractivity contribution in [3.63, 3.8) is 0 Å². The molecule has 1 fully saturated rings. The SMILES string of the molecule is COc1ccc(C[NH+]2CC[NH+]([C@H](C)C(=O)N3CCc4ccccc4C3)CC2)cc1. The predicted octanol–water partition coefficient (Wildman–Crippen LogP) is -0.0480. The summed E-state index contributed by atoms with van der Waals surface area (Å²) in [7, 11) is 1.70. The molecule has 2 aliphatic heterocycles. The van der Waals surface area contributed by atoms with E-state index in [0.29, 0.717) is 5.91 Å². The molecule has 1 saturated heterocycles. The number of fused-ring (bicyclic) bond motifs is 1. The van der Waals surface area contributed by atoms with Gasteiger partial charge in [-0.1, -0.05) is 24.3 Å². The first-order chi connectivity index (χ1) is 14.1. The second-order valence-electron chi connectivity index (χ2n) is 8.43. The molecule has 2 aromatic rings. The first kappa shape index (κ1) is 19.9. The summed E-state index contributed by atoms with van der Waals surface area (Å²) in [5, 5.41) is 0. The van der Waals surface area contributed by atoms with Gasteiger partial charge in [0.15, 0.2) is 6.04 Å². The van der Waals surface area contributed by atoms with Gasteiger partial charge >= 0.3 is 0 Å². The molecule has 2 aromatic carbocycles. The third-order valence-electron chi connectivity index (χ3n) is 6.64. The molecule has 0 spiro atoms. The normalized spacial score (nSPS) is 22.6. The van der Waals surface area contributed by atoms with Crippen molar-refractivity contribution in [3.05, 3.63) is 65.2 Å². The number of piperazine rings is 1. The van der Waals surface area contributed by atoms with Crippen molar-refractivity contribution < 1.29 is 19.3 Å². The summed E-state index contributed by atoms with van der Waals surface area (Å²) >= 11 is 0. The van der Waals surface area contributed by atoms with Crippen molar-refractivity contribution in [2.45, 2.75) is 32.5 Å². The third kappa shape index (κ3) is 4.62. The van der Waals surface area contributed by atoms with Crippen molar-refractivity contribution in [3.8, 4) is 5.75 Å². The van der Waals surface area contributed by atoms with Gasteiger partial charge in [0, 0.05) is 18.7 Å². The second-order valence-corrected chi connectivity index (χ2v) is 8.43. The van der Waals surface area contributed by atoms with Crippen molar-refractivity contribution in [1.82, 2.24) is 4.90 Å². The van der Waals surface area contributed by atoms with E-state index in [1.54, 1.807) is 12.0 Å². The maximum absolute atomic E-state index is 13.1. The largest absolute Gasteiger partial charge is 0.497 e. The molecule has 5 heteroatoms. The van der Waals surface area contributed by atoms with Crippen LogP contribution in [0.1, 0.15) is 23.6 Å². The maximum Gasteiger partial charge on any atom is 0.280 e. The van der Waals surface area contributed by atoms with Crippen molar-refractivity contribution in [1.29, 1.82) is 0 Å². The molecule has 0 radical (unpaired) electrons. The van der Waals surface area contributed by atoms with E-state index in [4.69, 9.17) is 4.74 Å². The number of nitrogens with one attached hydrogen (secondary N) is 2. The number of ether oxygens (including phenoxy) is 1. The number of hydrogen-bond acceptors (Lipinski definition) is 2. The average molecular weight is 396 g/mol. The van der Waals surface area contributed by atoms with Gasteiger partial charge in [-0.05, 0) is 48.7 Å². The highest BCUT2D eigenvalue weighted by molar-refractivity contribution is 5.80. The number of quaternary nitrogens is 2. The first-order valence-electron chi connectivity index (χ1n) is 10.8. The fourth-order valence-electron chi connectivity index (χ4n) is 4.70. The molecule has 4 rings (SSSR count). The lowest BCUT2D eigenvalue weighted by Gasteiger charge is -2.36. The lowest BCUT2D eigenvalue weighted by atomic mass is 9.99.